The molecule has 2 aromatic heterocycles. The van der Waals surface area contributed by atoms with Crippen LogP contribution in [-0.4, -0.2) is 35.0 Å². The number of ether oxygens (including phenoxy) is 1. The molecule has 41 heavy (non-hydrogen) atoms. The Bertz CT molecular complexity index is 1860. The monoisotopic (exact) mass is 568 g/mol. The van der Waals surface area contributed by atoms with Crippen molar-refractivity contribution < 1.29 is 23.1 Å². The maximum Gasteiger partial charge on any atom is 0.268 e. The minimum Gasteiger partial charge on any atom is -0.496 e. The molecule has 0 saturated heterocycles. The molecule has 1 atom stereocenters. The van der Waals surface area contributed by atoms with Crippen molar-refractivity contribution in [2.24, 2.45) is 0 Å². The van der Waals surface area contributed by atoms with Crippen LogP contribution in [0.25, 0.3) is 5.69 Å². The lowest BCUT2D eigenvalue weighted by molar-refractivity contribution is 0.103. The van der Waals surface area contributed by atoms with Crippen molar-refractivity contribution in [1.82, 2.24) is 8.54 Å². The van der Waals surface area contributed by atoms with Gasteiger partial charge in [-0.05, 0) is 75.2 Å². The Hall–Kier alpha value is -4.40. The molecule has 1 unspecified atom stereocenters. The molecule has 8 heteroatoms. The molecular weight excluding hydrogens is 536 g/mol. The maximum atomic E-state index is 14.2. The largest absolute Gasteiger partial charge is 0.496 e. The van der Waals surface area contributed by atoms with Crippen LogP contribution in [0, 0.1) is 27.7 Å². The highest BCUT2D eigenvalue weighted by Crippen LogP contribution is 2.34. The molecule has 0 saturated carbocycles. The Balaban J connectivity index is 1.72. The number of aliphatic hydroxyl groups excluding tert-OH is 1. The third-order valence-corrected chi connectivity index (χ3v) is 8.94. The van der Waals surface area contributed by atoms with Crippen molar-refractivity contribution in [2.75, 3.05) is 7.11 Å². The van der Waals surface area contributed by atoms with Gasteiger partial charge in [0.25, 0.3) is 10.0 Å². The first-order valence-electron chi connectivity index (χ1n) is 13.2. The standard InChI is InChI=1S/C33H32N2O5S/c1-21-8-12-25(13-9-21)41(38,39)35-18-16-28(31(35)33(37)26-14-10-22(2)19-24(26)4)34-17-6-7-29(34)32(36)27-15-11-23(3)20-30(27)40-5/h6-20,32,36H,1-5H3. The number of nitrogens with zero attached hydrogens (tertiary/aromatic N) is 2. The second kappa shape index (κ2) is 10.9. The summed E-state index contributed by atoms with van der Waals surface area (Å²) in [5.41, 5.74) is 5.32. The number of carbonyl (C=O) groups excluding carboxylic acids is 1. The lowest BCUT2D eigenvalue weighted by Gasteiger charge is -2.19. The van der Waals surface area contributed by atoms with E-state index in [1.54, 1.807) is 60.3 Å². The average Bonchev–Trinajstić information content (AvgIpc) is 3.60. The van der Waals surface area contributed by atoms with Crippen LogP contribution in [0.4, 0.5) is 0 Å². The predicted octanol–water partition coefficient (Wildman–Crippen LogP) is 6.07. The van der Waals surface area contributed by atoms with E-state index in [0.29, 0.717) is 28.3 Å². The summed E-state index contributed by atoms with van der Waals surface area (Å²) in [6, 6.07) is 22.5. The quantitative estimate of drug-likeness (QED) is 0.230. The summed E-state index contributed by atoms with van der Waals surface area (Å²) in [4.78, 5) is 14.3. The van der Waals surface area contributed by atoms with Gasteiger partial charge in [0.15, 0.2) is 0 Å². The summed E-state index contributed by atoms with van der Waals surface area (Å²) >= 11 is 0. The molecule has 0 aliphatic rings. The molecule has 5 aromatic rings. The van der Waals surface area contributed by atoms with Crippen molar-refractivity contribution >= 4 is 15.8 Å². The fourth-order valence-electron chi connectivity index (χ4n) is 5.08. The molecule has 7 nitrogen and oxygen atoms in total. The molecule has 0 bridgehead atoms. The zero-order valence-electron chi connectivity index (χ0n) is 23.6. The maximum absolute atomic E-state index is 14.2. The first-order valence-corrected chi connectivity index (χ1v) is 14.6. The zero-order valence-corrected chi connectivity index (χ0v) is 24.4. The van der Waals surface area contributed by atoms with E-state index in [9.17, 15) is 18.3 Å². The van der Waals surface area contributed by atoms with Gasteiger partial charge in [-0.25, -0.2) is 12.4 Å². The van der Waals surface area contributed by atoms with Crippen LogP contribution in [-0.2, 0) is 10.0 Å². The Kier molecular flexibility index (Phi) is 7.46. The number of benzene rings is 3. The van der Waals surface area contributed by atoms with Gasteiger partial charge in [-0.1, -0.05) is 53.6 Å². The number of carbonyl (C=O) groups is 1. The van der Waals surface area contributed by atoms with E-state index in [0.717, 1.165) is 26.2 Å². The lowest BCUT2D eigenvalue weighted by atomic mass is 10.00. The van der Waals surface area contributed by atoms with E-state index in [4.69, 9.17) is 4.74 Å². The van der Waals surface area contributed by atoms with Gasteiger partial charge in [-0.3, -0.25) is 4.79 Å². The van der Waals surface area contributed by atoms with Crippen molar-refractivity contribution in [1.29, 1.82) is 0 Å². The van der Waals surface area contributed by atoms with Crippen molar-refractivity contribution in [3.05, 3.63) is 136 Å². The number of methoxy groups -OCH3 is 1. The van der Waals surface area contributed by atoms with Crippen LogP contribution in [0.5, 0.6) is 5.75 Å². The van der Waals surface area contributed by atoms with Gasteiger partial charge in [0.2, 0.25) is 5.78 Å². The molecule has 0 amide bonds. The summed E-state index contributed by atoms with van der Waals surface area (Å²) in [5.74, 6) is 0.0802. The highest BCUT2D eigenvalue weighted by molar-refractivity contribution is 7.90. The van der Waals surface area contributed by atoms with E-state index in [-0.39, 0.29) is 10.6 Å². The van der Waals surface area contributed by atoms with E-state index in [1.165, 1.54) is 18.3 Å². The number of ketones is 1. The summed E-state index contributed by atoms with van der Waals surface area (Å²) in [6.07, 6.45) is 1.99. The predicted molar refractivity (Wildman–Crippen MR) is 159 cm³/mol. The van der Waals surface area contributed by atoms with Crippen LogP contribution in [0.1, 0.15) is 55.7 Å². The van der Waals surface area contributed by atoms with Gasteiger partial charge < -0.3 is 14.4 Å². The zero-order chi connectivity index (χ0) is 29.5. The van der Waals surface area contributed by atoms with Gasteiger partial charge in [0.1, 0.15) is 17.5 Å². The Labute approximate surface area is 240 Å². The molecule has 2 heterocycles. The van der Waals surface area contributed by atoms with Crippen molar-refractivity contribution in [3.63, 3.8) is 0 Å². The summed E-state index contributed by atoms with van der Waals surface area (Å²) < 4.78 is 36.1. The van der Waals surface area contributed by atoms with Gasteiger partial charge in [-0.15, -0.1) is 0 Å². The van der Waals surface area contributed by atoms with Gasteiger partial charge >= 0.3 is 0 Å². The molecule has 0 aliphatic heterocycles. The van der Waals surface area contributed by atoms with Crippen LogP contribution in [0.2, 0.25) is 0 Å². The van der Waals surface area contributed by atoms with Crippen LogP contribution >= 0.6 is 0 Å². The molecule has 0 fully saturated rings. The fourth-order valence-corrected chi connectivity index (χ4v) is 6.42. The molecular formula is C33H32N2O5S. The molecule has 0 radical (unpaired) electrons. The third kappa shape index (κ3) is 5.12. The normalized spacial score (nSPS) is 12.3. The number of aromatic nitrogens is 2. The van der Waals surface area contributed by atoms with E-state index < -0.39 is 21.9 Å². The number of hydrogen-bond donors (Lipinski definition) is 1. The molecule has 5 rings (SSSR count). The summed E-state index contributed by atoms with van der Waals surface area (Å²) in [6.45, 7) is 7.57. The van der Waals surface area contributed by atoms with E-state index in [2.05, 4.69) is 0 Å². The number of aliphatic hydroxyl groups is 1. The second-order valence-electron chi connectivity index (χ2n) is 10.3. The van der Waals surface area contributed by atoms with Gasteiger partial charge in [0.05, 0.1) is 23.4 Å². The summed E-state index contributed by atoms with van der Waals surface area (Å²) in [5, 5.41) is 11.5. The highest BCUT2D eigenvalue weighted by atomic mass is 32.2. The van der Waals surface area contributed by atoms with Gasteiger partial charge in [0, 0.05) is 23.5 Å². The molecule has 1 N–H and O–H groups in total. The average molecular weight is 569 g/mol. The van der Waals surface area contributed by atoms with Crippen LogP contribution < -0.4 is 4.74 Å². The Morgan fingerprint density at radius 3 is 2.17 bits per heavy atom. The SMILES string of the molecule is COc1cc(C)ccc1C(O)c1cccn1-c1ccn(S(=O)(=O)c2ccc(C)cc2)c1C(=O)c1ccc(C)cc1C. The smallest absolute Gasteiger partial charge is 0.268 e. The summed E-state index contributed by atoms with van der Waals surface area (Å²) in [7, 11) is -2.59. The first-order chi connectivity index (χ1) is 19.5. The van der Waals surface area contributed by atoms with Crippen LogP contribution in [0.15, 0.2) is 96.2 Å². The van der Waals surface area contributed by atoms with E-state index in [1.807, 2.05) is 52.0 Å². The minimum absolute atomic E-state index is 0.0296. The Morgan fingerprint density at radius 2 is 1.49 bits per heavy atom. The fraction of sp³-hybridized carbons (Fsp3) is 0.182. The highest BCUT2D eigenvalue weighted by Gasteiger charge is 2.30. The number of rotatable bonds is 8. The molecule has 0 aliphatic carbocycles. The second-order valence-corrected chi connectivity index (χ2v) is 12.1. The van der Waals surface area contributed by atoms with Gasteiger partial charge in [-0.2, -0.15) is 0 Å². The number of aryl methyl sites for hydroxylation is 4. The molecule has 3 aromatic carbocycles. The number of hydrogen-bond acceptors (Lipinski definition) is 5. The van der Waals surface area contributed by atoms with Crippen molar-refractivity contribution in [2.45, 2.75) is 38.7 Å². The topological polar surface area (TPSA) is 90.5 Å². The van der Waals surface area contributed by atoms with Crippen molar-refractivity contribution in [3.8, 4) is 11.4 Å². The lowest BCUT2D eigenvalue weighted by Crippen LogP contribution is -2.21. The van der Waals surface area contributed by atoms with E-state index >= 15 is 0 Å². The first kappa shape index (κ1) is 28.1. The molecule has 210 valence electrons. The Morgan fingerprint density at radius 1 is 0.829 bits per heavy atom. The van der Waals surface area contributed by atoms with Crippen LogP contribution in [0.3, 0.4) is 0 Å². The third-order valence-electron chi connectivity index (χ3n) is 7.25. The molecule has 0 spiro atoms. The minimum atomic E-state index is -4.13.